The molecule has 0 radical (unpaired) electrons. The van der Waals surface area contributed by atoms with Gasteiger partial charge in [0.25, 0.3) is 0 Å². The van der Waals surface area contributed by atoms with E-state index in [0.717, 1.165) is 18.4 Å². The van der Waals surface area contributed by atoms with Crippen LogP contribution in [0.4, 0.5) is 4.79 Å². The summed E-state index contributed by atoms with van der Waals surface area (Å²) >= 11 is 1.46. The maximum Gasteiger partial charge on any atom is 0.407 e. The Morgan fingerprint density at radius 2 is 2.05 bits per heavy atom. The van der Waals surface area contributed by atoms with Gasteiger partial charge in [-0.05, 0) is 12.0 Å². The third-order valence-corrected chi connectivity index (χ3v) is 3.82. The van der Waals surface area contributed by atoms with Gasteiger partial charge in [0, 0.05) is 11.5 Å². The summed E-state index contributed by atoms with van der Waals surface area (Å²) in [6.45, 7) is 2.30. The molecular weight excluding hydrogens is 290 g/mol. The Hall–Kier alpha value is -1.69. The zero-order chi connectivity index (χ0) is 15.5. The first-order valence-corrected chi connectivity index (χ1v) is 8.06. The highest BCUT2D eigenvalue weighted by Gasteiger charge is 2.20. The third kappa shape index (κ3) is 7.60. The minimum absolute atomic E-state index is 0.299. The SMILES string of the molecule is CCCCOC(=O)N[C@@H](CSCc1ccccc1)C(=O)O. The van der Waals surface area contributed by atoms with Crippen LogP contribution in [-0.2, 0) is 15.3 Å². The zero-order valence-corrected chi connectivity index (χ0v) is 12.9. The molecule has 0 fully saturated rings. The van der Waals surface area contributed by atoms with Gasteiger partial charge in [0.15, 0.2) is 0 Å². The van der Waals surface area contributed by atoms with Crippen LogP contribution >= 0.6 is 11.8 Å². The topological polar surface area (TPSA) is 75.6 Å². The maximum atomic E-state index is 11.5. The first-order chi connectivity index (χ1) is 10.1. The van der Waals surface area contributed by atoms with E-state index in [-0.39, 0.29) is 0 Å². The number of carboxylic acid groups (broad SMARTS) is 1. The molecule has 0 aliphatic carbocycles. The van der Waals surface area contributed by atoms with E-state index in [2.05, 4.69) is 5.32 Å². The molecular formula is C15H21NO4S. The molecule has 0 spiro atoms. The number of hydrogen-bond acceptors (Lipinski definition) is 4. The molecule has 1 aromatic rings. The molecule has 0 unspecified atom stereocenters. The summed E-state index contributed by atoms with van der Waals surface area (Å²) in [5, 5.41) is 11.5. The smallest absolute Gasteiger partial charge is 0.407 e. The van der Waals surface area contributed by atoms with Gasteiger partial charge < -0.3 is 15.2 Å². The molecule has 0 heterocycles. The highest BCUT2D eigenvalue weighted by atomic mass is 32.2. The van der Waals surface area contributed by atoms with Gasteiger partial charge in [-0.15, -0.1) is 0 Å². The molecule has 6 heteroatoms. The number of carbonyl (C=O) groups is 2. The molecule has 1 amide bonds. The maximum absolute atomic E-state index is 11.5. The van der Waals surface area contributed by atoms with Crippen LogP contribution in [0.5, 0.6) is 0 Å². The fourth-order valence-electron chi connectivity index (χ4n) is 1.54. The average molecular weight is 311 g/mol. The number of carboxylic acids is 1. The monoisotopic (exact) mass is 311 g/mol. The number of nitrogens with one attached hydrogen (secondary N) is 1. The van der Waals surface area contributed by atoms with E-state index < -0.39 is 18.1 Å². The van der Waals surface area contributed by atoms with Gasteiger partial charge in [-0.1, -0.05) is 43.7 Å². The number of hydrogen-bond donors (Lipinski definition) is 2. The second-order valence-electron chi connectivity index (χ2n) is 4.53. The number of aliphatic carboxylic acids is 1. The van der Waals surface area contributed by atoms with Crippen LogP contribution in [-0.4, -0.2) is 35.6 Å². The molecule has 5 nitrogen and oxygen atoms in total. The Kier molecular flexibility index (Phi) is 8.35. The summed E-state index contributed by atoms with van der Waals surface area (Å²) in [5.74, 6) is -0.0485. The molecule has 1 rings (SSSR count). The van der Waals surface area contributed by atoms with Crippen molar-refractivity contribution in [1.29, 1.82) is 0 Å². The Labute approximate surface area is 129 Å². The van der Waals surface area contributed by atoms with Crippen LogP contribution < -0.4 is 5.32 Å². The minimum Gasteiger partial charge on any atom is -0.480 e. The first-order valence-electron chi connectivity index (χ1n) is 6.91. The van der Waals surface area contributed by atoms with Crippen LogP contribution in [0.2, 0.25) is 0 Å². The molecule has 21 heavy (non-hydrogen) atoms. The van der Waals surface area contributed by atoms with E-state index in [4.69, 9.17) is 9.84 Å². The molecule has 2 N–H and O–H groups in total. The van der Waals surface area contributed by atoms with Gasteiger partial charge in [0.1, 0.15) is 6.04 Å². The van der Waals surface area contributed by atoms with E-state index in [1.54, 1.807) is 0 Å². The summed E-state index contributed by atoms with van der Waals surface area (Å²) in [7, 11) is 0. The van der Waals surface area contributed by atoms with Crippen LogP contribution in [0.15, 0.2) is 30.3 Å². The van der Waals surface area contributed by atoms with Crippen LogP contribution in [0.1, 0.15) is 25.3 Å². The molecule has 116 valence electrons. The number of benzene rings is 1. The zero-order valence-electron chi connectivity index (χ0n) is 12.1. The lowest BCUT2D eigenvalue weighted by Crippen LogP contribution is -2.43. The highest BCUT2D eigenvalue weighted by molar-refractivity contribution is 7.98. The quantitative estimate of drug-likeness (QED) is 0.686. The van der Waals surface area contributed by atoms with Crippen molar-refractivity contribution >= 4 is 23.8 Å². The van der Waals surface area contributed by atoms with E-state index in [9.17, 15) is 9.59 Å². The van der Waals surface area contributed by atoms with Crippen LogP contribution in [0.3, 0.4) is 0 Å². The summed E-state index contributed by atoms with van der Waals surface area (Å²) in [6.07, 6.45) is 1.02. The molecule has 0 saturated heterocycles. The van der Waals surface area contributed by atoms with Crippen LogP contribution in [0.25, 0.3) is 0 Å². The fraction of sp³-hybridized carbons (Fsp3) is 0.467. The van der Waals surface area contributed by atoms with Crippen molar-refractivity contribution in [3.05, 3.63) is 35.9 Å². The van der Waals surface area contributed by atoms with E-state index >= 15 is 0 Å². The van der Waals surface area contributed by atoms with Crippen molar-refractivity contribution < 1.29 is 19.4 Å². The number of carbonyl (C=O) groups excluding carboxylic acids is 1. The number of unbranched alkanes of at least 4 members (excludes halogenated alkanes) is 1. The van der Waals surface area contributed by atoms with Crippen molar-refractivity contribution in [2.75, 3.05) is 12.4 Å². The normalized spacial score (nSPS) is 11.7. The number of amides is 1. The van der Waals surface area contributed by atoms with Gasteiger partial charge in [-0.25, -0.2) is 9.59 Å². The number of thioether (sulfide) groups is 1. The average Bonchev–Trinajstić information content (AvgIpc) is 2.47. The fourth-order valence-corrected chi connectivity index (χ4v) is 2.54. The Morgan fingerprint density at radius 3 is 2.67 bits per heavy atom. The third-order valence-electron chi connectivity index (χ3n) is 2.72. The van der Waals surface area contributed by atoms with Gasteiger partial charge in [-0.3, -0.25) is 0 Å². The molecule has 1 atom stereocenters. The summed E-state index contributed by atoms with van der Waals surface area (Å²) in [6, 6.07) is 8.83. The molecule has 1 aromatic carbocycles. The second-order valence-corrected chi connectivity index (χ2v) is 5.56. The standard InChI is InChI=1S/C15H21NO4S/c1-2-3-9-20-15(19)16-13(14(17)18)11-21-10-12-7-5-4-6-8-12/h4-8,13H,2-3,9-11H2,1H3,(H,16,19)(H,17,18)/t13-/m0/s1. The Morgan fingerprint density at radius 1 is 1.33 bits per heavy atom. The predicted octanol–water partition coefficient (Wildman–Crippen LogP) is 2.90. The van der Waals surface area contributed by atoms with Crippen molar-refractivity contribution in [1.82, 2.24) is 5.32 Å². The largest absolute Gasteiger partial charge is 0.480 e. The first kappa shape index (κ1) is 17.4. The number of alkyl carbamates (subject to hydrolysis) is 1. The van der Waals surface area contributed by atoms with Gasteiger partial charge in [0.05, 0.1) is 6.61 Å². The van der Waals surface area contributed by atoms with Gasteiger partial charge >= 0.3 is 12.1 Å². The second kappa shape index (κ2) is 10.1. The lowest BCUT2D eigenvalue weighted by Gasteiger charge is -2.14. The molecule has 0 bridgehead atoms. The van der Waals surface area contributed by atoms with Gasteiger partial charge in [0.2, 0.25) is 0 Å². The van der Waals surface area contributed by atoms with Crippen LogP contribution in [0, 0.1) is 0 Å². The van der Waals surface area contributed by atoms with Crippen molar-refractivity contribution in [2.45, 2.75) is 31.6 Å². The summed E-state index contributed by atoms with van der Waals surface area (Å²) < 4.78 is 4.91. The molecule has 0 aliphatic rings. The predicted molar refractivity (Wildman–Crippen MR) is 83.4 cm³/mol. The number of rotatable bonds is 9. The van der Waals surface area contributed by atoms with Crippen molar-refractivity contribution in [2.24, 2.45) is 0 Å². The molecule has 0 aromatic heterocycles. The van der Waals surface area contributed by atoms with E-state index in [0.29, 0.717) is 18.1 Å². The lowest BCUT2D eigenvalue weighted by molar-refractivity contribution is -0.138. The Balaban J connectivity index is 2.32. The lowest BCUT2D eigenvalue weighted by atomic mass is 10.2. The number of ether oxygens (including phenoxy) is 1. The van der Waals surface area contributed by atoms with Gasteiger partial charge in [-0.2, -0.15) is 11.8 Å². The highest BCUT2D eigenvalue weighted by Crippen LogP contribution is 2.13. The molecule has 0 aliphatic heterocycles. The minimum atomic E-state index is -1.05. The summed E-state index contributed by atoms with van der Waals surface area (Å²) in [4.78, 5) is 22.6. The van der Waals surface area contributed by atoms with Crippen molar-refractivity contribution in [3.8, 4) is 0 Å². The van der Waals surface area contributed by atoms with E-state index in [1.165, 1.54) is 11.8 Å². The van der Waals surface area contributed by atoms with Crippen molar-refractivity contribution in [3.63, 3.8) is 0 Å². The molecule has 0 saturated carbocycles. The summed E-state index contributed by atoms with van der Waals surface area (Å²) in [5.41, 5.74) is 1.12. The van der Waals surface area contributed by atoms with E-state index in [1.807, 2.05) is 37.3 Å². The Bertz CT molecular complexity index is 439.